The molecule has 0 radical (unpaired) electrons. The molecular weight excluding hydrogens is 264 g/mol. The van der Waals surface area contributed by atoms with E-state index in [0.29, 0.717) is 11.8 Å². The summed E-state index contributed by atoms with van der Waals surface area (Å²) in [5.41, 5.74) is 1.21. The number of nitrogens with zero attached hydrogens (tertiary/aromatic N) is 2. The summed E-state index contributed by atoms with van der Waals surface area (Å²) in [5.74, 6) is 1.62. The second-order valence-corrected chi connectivity index (χ2v) is 6.25. The third kappa shape index (κ3) is 3.49. The maximum atomic E-state index is 12.0. The lowest BCUT2D eigenvalue weighted by Gasteiger charge is -2.36. The highest BCUT2D eigenvalue weighted by Gasteiger charge is 2.34. The fourth-order valence-corrected chi connectivity index (χ4v) is 2.78. The minimum Gasteiger partial charge on any atom is -0.491 e. The predicted molar refractivity (Wildman–Crippen MR) is 83.7 cm³/mol. The highest BCUT2D eigenvalue weighted by atomic mass is 16.5. The maximum Gasteiger partial charge on any atom is 0.225 e. The molecule has 0 aromatic heterocycles. The monoisotopic (exact) mass is 288 g/mol. The standard InChI is InChI=1S/C17H24N2O2/c1-13(2)21-16-7-5-15(6-8-16)18-9-11-19(12-10-18)17(20)14-3-4-14/h5-8,13-14H,3-4,9-12H2,1-2H3. The number of ether oxygens (including phenoxy) is 1. The lowest BCUT2D eigenvalue weighted by atomic mass is 10.2. The van der Waals surface area contributed by atoms with Gasteiger partial charge in [0, 0.05) is 37.8 Å². The van der Waals surface area contributed by atoms with Crippen LogP contribution in [0.25, 0.3) is 0 Å². The van der Waals surface area contributed by atoms with E-state index in [9.17, 15) is 4.79 Å². The van der Waals surface area contributed by atoms with Crippen LogP contribution in [0.2, 0.25) is 0 Å². The summed E-state index contributed by atoms with van der Waals surface area (Å²) in [6, 6.07) is 8.26. The van der Waals surface area contributed by atoms with Crippen molar-refractivity contribution in [1.82, 2.24) is 4.90 Å². The molecule has 1 aliphatic carbocycles. The van der Waals surface area contributed by atoms with Gasteiger partial charge in [0.05, 0.1) is 6.10 Å². The Labute approximate surface area is 126 Å². The first-order valence-corrected chi connectivity index (χ1v) is 7.94. The summed E-state index contributed by atoms with van der Waals surface area (Å²) >= 11 is 0. The van der Waals surface area contributed by atoms with Gasteiger partial charge in [0.15, 0.2) is 0 Å². The first-order chi connectivity index (χ1) is 10.1. The van der Waals surface area contributed by atoms with Crippen LogP contribution in [0, 0.1) is 5.92 Å². The Balaban J connectivity index is 1.55. The molecule has 1 saturated heterocycles. The van der Waals surface area contributed by atoms with Gasteiger partial charge in [-0.1, -0.05) is 0 Å². The molecule has 1 aromatic rings. The van der Waals surface area contributed by atoms with Gasteiger partial charge in [-0.25, -0.2) is 0 Å². The van der Waals surface area contributed by atoms with Crippen LogP contribution < -0.4 is 9.64 Å². The average Bonchev–Trinajstić information content (AvgIpc) is 3.32. The smallest absolute Gasteiger partial charge is 0.225 e. The third-order valence-electron chi connectivity index (χ3n) is 4.09. The van der Waals surface area contributed by atoms with Gasteiger partial charge in [-0.2, -0.15) is 0 Å². The van der Waals surface area contributed by atoms with E-state index in [4.69, 9.17) is 4.74 Å². The van der Waals surface area contributed by atoms with Crippen molar-refractivity contribution >= 4 is 11.6 Å². The summed E-state index contributed by atoms with van der Waals surface area (Å²) in [6.45, 7) is 7.60. The van der Waals surface area contributed by atoms with Gasteiger partial charge in [0.2, 0.25) is 5.91 Å². The lowest BCUT2D eigenvalue weighted by Crippen LogP contribution is -2.49. The van der Waals surface area contributed by atoms with Crippen LogP contribution in [0.5, 0.6) is 5.75 Å². The Kier molecular flexibility index (Phi) is 4.04. The van der Waals surface area contributed by atoms with E-state index >= 15 is 0 Å². The quantitative estimate of drug-likeness (QED) is 0.853. The van der Waals surface area contributed by atoms with Crippen molar-refractivity contribution in [2.24, 2.45) is 5.92 Å². The molecule has 0 atom stereocenters. The molecule has 2 aliphatic rings. The van der Waals surface area contributed by atoms with Gasteiger partial charge in [0.25, 0.3) is 0 Å². The van der Waals surface area contributed by atoms with E-state index in [0.717, 1.165) is 44.8 Å². The van der Waals surface area contributed by atoms with Crippen LogP contribution in [0.4, 0.5) is 5.69 Å². The van der Waals surface area contributed by atoms with Gasteiger partial charge in [-0.05, 0) is 51.0 Å². The summed E-state index contributed by atoms with van der Waals surface area (Å²) in [6.07, 6.45) is 2.39. The Morgan fingerprint density at radius 2 is 1.71 bits per heavy atom. The molecule has 0 N–H and O–H groups in total. The summed E-state index contributed by atoms with van der Waals surface area (Å²) < 4.78 is 5.67. The zero-order chi connectivity index (χ0) is 14.8. The molecule has 0 spiro atoms. The second kappa shape index (κ2) is 5.96. The van der Waals surface area contributed by atoms with Crippen molar-refractivity contribution in [2.75, 3.05) is 31.1 Å². The molecule has 114 valence electrons. The van der Waals surface area contributed by atoms with Crippen molar-refractivity contribution in [3.8, 4) is 5.75 Å². The molecular formula is C17H24N2O2. The zero-order valence-corrected chi connectivity index (χ0v) is 12.9. The molecule has 1 aromatic carbocycles. The molecule has 1 amide bonds. The van der Waals surface area contributed by atoms with Crippen molar-refractivity contribution in [3.63, 3.8) is 0 Å². The summed E-state index contributed by atoms with van der Waals surface area (Å²) in [5, 5.41) is 0. The van der Waals surface area contributed by atoms with E-state index < -0.39 is 0 Å². The Bertz CT molecular complexity index is 486. The molecule has 4 nitrogen and oxygen atoms in total. The molecule has 4 heteroatoms. The van der Waals surface area contributed by atoms with Crippen LogP contribution >= 0.6 is 0 Å². The van der Waals surface area contributed by atoms with E-state index in [1.165, 1.54) is 5.69 Å². The molecule has 3 rings (SSSR count). The first-order valence-electron chi connectivity index (χ1n) is 7.94. The second-order valence-electron chi connectivity index (χ2n) is 6.25. The number of anilines is 1. The fourth-order valence-electron chi connectivity index (χ4n) is 2.78. The molecule has 2 fully saturated rings. The van der Waals surface area contributed by atoms with Crippen LogP contribution in [0.1, 0.15) is 26.7 Å². The van der Waals surface area contributed by atoms with Crippen molar-refractivity contribution in [2.45, 2.75) is 32.8 Å². The normalized spacial score (nSPS) is 19.0. The highest BCUT2D eigenvalue weighted by Crippen LogP contribution is 2.31. The molecule has 0 bridgehead atoms. The topological polar surface area (TPSA) is 32.8 Å². The van der Waals surface area contributed by atoms with Crippen LogP contribution in [0.3, 0.4) is 0 Å². The number of hydrogen-bond donors (Lipinski definition) is 0. The fraction of sp³-hybridized carbons (Fsp3) is 0.588. The van der Waals surface area contributed by atoms with E-state index in [1.54, 1.807) is 0 Å². The number of piperazine rings is 1. The number of benzene rings is 1. The molecule has 1 heterocycles. The van der Waals surface area contributed by atoms with Gasteiger partial charge in [0.1, 0.15) is 5.75 Å². The number of amides is 1. The van der Waals surface area contributed by atoms with Gasteiger partial charge >= 0.3 is 0 Å². The van der Waals surface area contributed by atoms with Crippen molar-refractivity contribution in [1.29, 1.82) is 0 Å². The van der Waals surface area contributed by atoms with Gasteiger partial charge in [-0.3, -0.25) is 4.79 Å². The molecule has 21 heavy (non-hydrogen) atoms. The Hall–Kier alpha value is -1.71. The number of carbonyl (C=O) groups excluding carboxylic acids is 1. The Morgan fingerprint density at radius 3 is 2.24 bits per heavy atom. The van der Waals surface area contributed by atoms with Crippen LogP contribution in [0.15, 0.2) is 24.3 Å². The Morgan fingerprint density at radius 1 is 1.10 bits per heavy atom. The highest BCUT2D eigenvalue weighted by molar-refractivity contribution is 5.81. The van der Waals surface area contributed by atoms with E-state index in [-0.39, 0.29) is 6.10 Å². The van der Waals surface area contributed by atoms with E-state index in [1.807, 2.05) is 30.9 Å². The predicted octanol–water partition coefficient (Wildman–Crippen LogP) is 2.53. The largest absolute Gasteiger partial charge is 0.491 e. The van der Waals surface area contributed by atoms with Crippen LogP contribution in [-0.4, -0.2) is 43.1 Å². The number of carbonyl (C=O) groups is 1. The van der Waals surface area contributed by atoms with Crippen LogP contribution in [-0.2, 0) is 4.79 Å². The summed E-state index contributed by atoms with van der Waals surface area (Å²) in [4.78, 5) is 16.4. The zero-order valence-electron chi connectivity index (χ0n) is 12.9. The third-order valence-corrected chi connectivity index (χ3v) is 4.09. The number of hydrogen-bond acceptors (Lipinski definition) is 3. The van der Waals surface area contributed by atoms with E-state index in [2.05, 4.69) is 17.0 Å². The molecule has 1 saturated carbocycles. The average molecular weight is 288 g/mol. The first kappa shape index (κ1) is 14.2. The van der Waals surface area contributed by atoms with Gasteiger partial charge < -0.3 is 14.5 Å². The SMILES string of the molecule is CC(C)Oc1ccc(N2CCN(C(=O)C3CC3)CC2)cc1. The maximum absolute atomic E-state index is 12.0. The molecule has 1 aliphatic heterocycles. The minimum absolute atomic E-state index is 0.202. The van der Waals surface area contributed by atoms with Crippen molar-refractivity contribution in [3.05, 3.63) is 24.3 Å². The minimum atomic E-state index is 0.202. The number of rotatable bonds is 4. The summed E-state index contributed by atoms with van der Waals surface area (Å²) in [7, 11) is 0. The molecule has 0 unspecified atom stereocenters. The van der Waals surface area contributed by atoms with Gasteiger partial charge in [-0.15, -0.1) is 0 Å². The lowest BCUT2D eigenvalue weighted by molar-refractivity contribution is -0.132. The van der Waals surface area contributed by atoms with Crippen molar-refractivity contribution < 1.29 is 9.53 Å².